The highest BCUT2D eigenvalue weighted by Gasteiger charge is 2.38. The van der Waals surface area contributed by atoms with Crippen molar-refractivity contribution >= 4 is 10.0 Å². The average molecular weight is 279 g/mol. The Morgan fingerprint density at radius 3 is 2.58 bits per heavy atom. The van der Waals surface area contributed by atoms with E-state index in [1.54, 1.807) is 30.3 Å². The minimum absolute atomic E-state index is 0.178. The number of nitriles is 1. The molecule has 6 heteroatoms. The Kier molecular flexibility index (Phi) is 3.63. The highest BCUT2D eigenvalue weighted by molar-refractivity contribution is 7.89. The van der Waals surface area contributed by atoms with Crippen LogP contribution in [-0.4, -0.2) is 37.4 Å². The molecular formula is C13H17N3O2S. The summed E-state index contributed by atoms with van der Waals surface area (Å²) in [5.41, 5.74) is -0.416. The van der Waals surface area contributed by atoms with Gasteiger partial charge in [0.1, 0.15) is 6.04 Å². The first kappa shape index (κ1) is 14.0. The van der Waals surface area contributed by atoms with Crippen molar-refractivity contribution in [1.82, 2.24) is 9.62 Å². The highest BCUT2D eigenvalue weighted by Crippen LogP contribution is 2.22. The Balaban J connectivity index is 2.33. The van der Waals surface area contributed by atoms with Gasteiger partial charge in [-0.25, -0.2) is 8.42 Å². The van der Waals surface area contributed by atoms with E-state index in [1.807, 2.05) is 13.8 Å². The fraction of sp³-hybridized carbons (Fsp3) is 0.462. The number of sulfonamides is 1. The molecule has 0 amide bonds. The Hall–Kier alpha value is -1.42. The lowest BCUT2D eigenvalue weighted by molar-refractivity contribution is 0.208. The monoisotopic (exact) mass is 279 g/mol. The van der Waals surface area contributed by atoms with Crippen molar-refractivity contribution in [2.75, 3.05) is 13.1 Å². The molecule has 2 rings (SSSR count). The number of nitrogens with one attached hydrogen (secondary N) is 1. The summed E-state index contributed by atoms with van der Waals surface area (Å²) in [6.45, 7) is 4.31. The van der Waals surface area contributed by atoms with Gasteiger partial charge in [0.2, 0.25) is 10.0 Å². The summed E-state index contributed by atoms with van der Waals surface area (Å²) in [4.78, 5) is 0.268. The van der Waals surface area contributed by atoms with Crippen molar-refractivity contribution in [3.05, 3.63) is 30.3 Å². The van der Waals surface area contributed by atoms with Crippen molar-refractivity contribution in [3.8, 4) is 6.07 Å². The van der Waals surface area contributed by atoms with Crippen molar-refractivity contribution in [1.29, 1.82) is 5.26 Å². The number of hydrogen-bond donors (Lipinski definition) is 1. The van der Waals surface area contributed by atoms with Crippen LogP contribution < -0.4 is 5.32 Å². The lowest BCUT2D eigenvalue weighted by Gasteiger charge is -2.40. The second kappa shape index (κ2) is 4.93. The van der Waals surface area contributed by atoms with Crippen LogP contribution in [0.4, 0.5) is 0 Å². The quantitative estimate of drug-likeness (QED) is 0.875. The Labute approximate surface area is 113 Å². The average Bonchev–Trinajstić information content (AvgIpc) is 2.37. The van der Waals surface area contributed by atoms with E-state index in [2.05, 4.69) is 11.4 Å². The molecule has 19 heavy (non-hydrogen) atoms. The predicted octanol–water partition coefficient (Wildman–Crippen LogP) is 0.951. The van der Waals surface area contributed by atoms with E-state index in [-0.39, 0.29) is 11.4 Å². The van der Waals surface area contributed by atoms with Crippen molar-refractivity contribution < 1.29 is 8.42 Å². The molecule has 1 aliphatic rings. The van der Waals surface area contributed by atoms with Gasteiger partial charge in [0, 0.05) is 18.6 Å². The van der Waals surface area contributed by atoms with Crippen LogP contribution in [0.2, 0.25) is 0 Å². The van der Waals surface area contributed by atoms with Gasteiger partial charge in [0.15, 0.2) is 0 Å². The van der Waals surface area contributed by atoms with Crippen LogP contribution in [0.1, 0.15) is 13.8 Å². The van der Waals surface area contributed by atoms with Gasteiger partial charge in [-0.15, -0.1) is 0 Å². The van der Waals surface area contributed by atoms with E-state index < -0.39 is 21.6 Å². The third-order valence-electron chi connectivity index (χ3n) is 3.06. The highest BCUT2D eigenvalue weighted by atomic mass is 32.2. The molecule has 1 aromatic rings. The molecule has 0 radical (unpaired) electrons. The molecule has 0 spiro atoms. The van der Waals surface area contributed by atoms with Gasteiger partial charge in [-0.2, -0.15) is 9.57 Å². The molecule has 1 unspecified atom stereocenters. The molecule has 1 fully saturated rings. The van der Waals surface area contributed by atoms with E-state index >= 15 is 0 Å². The van der Waals surface area contributed by atoms with Crippen molar-refractivity contribution in [2.45, 2.75) is 30.3 Å². The fourth-order valence-electron chi connectivity index (χ4n) is 2.27. The molecule has 1 saturated heterocycles. The Bertz CT molecular complexity index is 590. The maximum atomic E-state index is 12.5. The molecule has 0 bridgehead atoms. The maximum Gasteiger partial charge on any atom is 0.243 e. The number of hydrogen-bond acceptors (Lipinski definition) is 4. The second-order valence-corrected chi connectivity index (χ2v) is 7.26. The molecule has 102 valence electrons. The summed E-state index contributed by atoms with van der Waals surface area (Å²) < 4.78 is 26.4. The van der Waals surface area contributed by atoms with Crippen molar-refractivity contribution in [2.24, 2.45) is 0 Å². The van der Waals surface area contributed by atoms with Crippen molar-refractivity contribution in [3.63, 3.8) is 0 Å². The summed E-state index contributed by atoms with van der Waals surface area (Å²) >= 11 is 0. The summed E-state index contributed by atoms with van der Waals surface area (Å²) in [6.07, 6.45) is 0. The zero-order valence-corrected chi connectivity index (χ0v) is 11.8. The molecule has 0 aliphatic carbocycles. The minimum Gasteiger partial charge on any atom is -0.294 e. The Morgan fingerprint density at radius 1 is 1.37 bits per heavy atom. The molecule has 1 N–H and O–H groups in total. The standard InChI is InChI=1S/C13H17N3O2S/c1-13(2)10-16(9-11(8-14)15-13)19(17,18)12-6-4-3-5-7-12/h3-7,11,15H,9-10H2,1-2H3. The largest absolute Gasteiger partial charge is 0.294 e. The van der Waals surface area contributed by atoms with Crippen LogP contribution in [0.25, 0.3) is 0 Å². The van der Waals surface area contributed by atoms with E-state index in [4.69, 9.17) is 5.26 Å². The number of benzene rings is 1. The topological polar surface area (TPSA) is 73.2 Å². The van der Waals surface area contributed by atoms with Gasteiger partial charge >= 0.3 is 0 Å². The van der Waals surface area contributed by atoms with Gasteiger partial charge in [0.05, 0.1) is 11.0 Å². The van der Waals surface area contributed by atoms with E-state index in [9.17, 15) is 8.42 Å². The van der Waals surface area contributed by atoms with Gasteiger partial charge in [-0.3, -0.25) is 5.32 Å². The number of nitrogens with zero attached hydrogens (tertiary/aromatic N) is 2. The van der Waals surface area contributed by atoms with Gasteiger partial charge in [-0.05, 0) is 26.0 Å². The lowest BCUT2D eigenvalue weighted by Crippen LogP contribution is -2.62. The van der Waals surface area contributed by atoms with E-state index in [0.717, 1.165) is 0 Å². The van der Waals surface area contributed by atoms with Crippen LogP contribution in [-0.2, 0) is 10.0 Å². The predicted molar refractivity (Wildman–Crippen MR) is 71.8 cm³/mol. The zero-order chi connectivity index (χ0) is 14.1. The summed E-state index contributed by atoms with van der Waals surface area (Å²) in [5.74, 6) is 0. The number of piperazine rings is 1. The number of rotatable bonds is 2. The molecular weight excluding hydrogens is 262 g/mol. The first-order valence-corrected chi connectivity index (χ1v) is 7.52. The normalized spacial score (nSPS) is 23.7. The van der Waals surface area contributed by atoms with Crippen LogP contribution in [0.5, 0.6) is 0 Å². The first-order chi connectivity index (χ1) is 8.85. The van der Waals surface area contributed by atoms with Crippen LogP contribution >= 0.6 is 0 Å². The van der Waals surface area contributed by atoms with Gasteiger partial charge in [0.25, 0.3) is 0 Å². The molecule has 0 aromatic heterocycles. The van der Waals surface area contributed by atoms with E-state index in [0.29, 0.717) is 6.54 Å². The van der Waals surface area contributed by atoms with Crippen LogP contribution in [0, 0.1) is 11.3 Å². The fourth-order valence-corrected chi connectivity index (χ4v) is 3.91. The zero-order valence-electron chi connectivity index (χ0n) is 11.0. The van der Waals surface area contributed by atoms with Crippen LogP contribution in [0.3, 0.4) is 0 Å². The second-order valence-electron chi connectivity index (χ2n) is 5.32. The van der Waals surface area contributed by atoms with Crippen LogP contribution in [0.15, 0.2) is 35.2 Å². The molecule has 1 aromatic carbocycles. The molecule has 1 heterocycles. The summed E-state index contributed by atoms with van der Waals surface area (Å²) in [7, 11) is -3.53. The smallest absolute Gasteiger partial charge is 0.243 e. The molecule has 0 saturated carbocycles. The molecule has 5 nitrogen and oxygen atoms in total. The SMILES string of the molecule is CC1(C)CN(S(=O)(=O)c2ccccc2)CC(C#N)N1. The Morgan fingerprint density at radius 2 is 2.00 bits per heavy atom. The third kappa shape index (κ3) is 2.95. The van der Waals surface area contributed by atoms with Gasteiger partial charge < -0.3 is 0 Å². The third-order valence-corrected chi connectivity index (χ3v) is 4.89. The first-order valence-electron chi connectivity index (χ1n) is 6.08. The molecule has 1 aliphatic heterocycles. The molecule has 1 atom stereocenters. The summed E-state index contributed by atoms with van der Waals surface area (Å²) in [5, 5.41) is 12.2. The summed E-state index contributed by atoms with van der Waals surface area (Å²) in [6, 6.07) is 9.93. The minimum atomic E-state index is -3.53. The van der Waals surface area contributed by atoms with E-state index in [1.165, 1.54) is 4.31 Å². The lowest BCUT2D eigenvalue weighted by atomic mass is 10.0. The van der Waals surface area contributed by atoms with Gasteiger partial charge in [-0.1, -0.05) is 18.2 Å². The maximum absolute atomic E-state index is 12.5.